The Hall–Kier alpha value is -1.78. The molecule has 4 nitrogen and oxygen atoms in total. The molecule has 0 saturated heterocycles. The minimum absolute atomic E-state index is 0.132. The molecule has 3 N–H and O–H groups in total. The summed E-state index contributed by atoms with van der Waals surface area (Å²) in [6, 6.07) is 2.73. The summed E-state index contributed by atoms with van der Waals surface area (Å²) in [5.74, 6) is -0.649. The van der Waals surface area contributed by atoms with Gasteiger partial charge in [-0.25, -0.2) is 9.18 Å². The fourth-order valence-corrected chi connectivity index (χ4v) is 1.14. The third-order valence-corrected chi connectivity index (χ3v) is 1.80. The lowest BCUT2D eigenvalue weighted by atomic mass is 10.1. The van der Waals surface area contributed by atoms with E-state index < -0.39 is 18.0 Å². The van der Waals surface area contributed by atoms with Gasteiger partial charge < -0.3 is 15.5 Å². The highest BCUT2D eigenvalue weighted by atomic mass is 19.1. The Kier molecular flexibility index (Phi) is 2.91. The van der Waals surface area contributed by atoms with E-state index in [4.69, 9.17) is 5.11 Å². The minimum atomic E-state index is -1.22. The maximum atomic E-state index is 12.8. The van der Waals surface area contributed by atoms with Crippen LogP contribution >= 0.6 is 0 Å². The molecule has 0 aliphatic heterocycles. The average Bonchev–Trinajstić information content (AvgIpc) is 2.08. The molecule has 1 aromatic carbocycles. The number of amides is 1. The molecule has 0 heterocycles. The second-order valence-electron chi connectivity index (χ2n) is 2.87. The summed E-state index contributed by atoms with van der Waals surface area (Å²) in [6.07, 6.45) is -1.22. The van der Waals surface area contributed by atoms with Crippen LogP contribution in [0.25, 0.3) is 0 Å². The van der Waals surface area contributed by atoms with Crippen LogP contribution in [-0.4, -0.2) is 16.3 Å². The van der Waals surface area contributed by atoms with Crippen LogP contribution in [0.1, 0.15) is 18.5 Å². The van der Waals surface area contributed by atoms with E-state index in [0.29, 0.717) is 0 Å². The summed E-state index contributed by atoms with van der Waals surface area (Å²) in [4.78, 5) is 10.3. The van der Waals surface area contributed by atoms with Gasteiger partial charge in [-0.2, -0.15) is 0 Å². The first-order valence-corrected chi connectivity index (χ1v) is 3.98. The first-order chi connectivity index (χ1) is 6.50. The lowest BCUT2D eigenvalue weighted by Gasteiger charge is -2.13. The second-order valence-corrected chi connectivity index (χ2v) is 2.87. The van der Waals surface area contributed by atoms with Crippen molar-refractivity contribution in [3.8, 4) is 5.75 Å². The molecule has 0 aromatic heterocycles. The third kappa shape index (κ3) is 2.35. The van der Waals surface area contributed by atoms with Crippen LogP contribution in [0.3, 0.4) is 0 Å². The van der Waals surface area contributed by atoms with Crippen molar-refractivity contribution < 1.29 is 19.4 Å². The van der Waals surface area contributed by atoms with Crippen molar-refractivity contribution in [1.82, 2.24) is 5.32 Å². The Morgan fingerprint density at radius 3 is 2.79 bits per heavy atom. The number of benzene rings is 1. The predicted octanol–water partition coefficient (Wildman–Crippen LogP) is 1.86. The van der Waals surface area contributed by atoms with Crippen molar-refractivity contribution in [3.05, 3.63) is 29.6 Å². The Morgan fingerprint density at radius 1 is 1.57 bits per heavy atom. The predicted molar refractivity (Wildman–Crippen MR) is 47.6 cm³/mol. The molecule has 0 bridgehead atoms. The largest absolute Gasteiger partial charge is 0.508 e. The van der Waals surface area contributed by atoms with Crippen molar-refractivity contribution in [2.24, 2.45) is 0 Å². The molecular formula is C9H10FNO3. The zero-order valence-corrected chi connectivity index (χ0v) is 7.49. The maximum absolute atomic E-state index is 12.8. The molecule has 1 rings (SSSR count). The number of halogens is 1. The summed E-state index contributed by atoms with van der Waals surface area (Å²) in [5, 5.41) is 19.9. The van der Waals surface area contributed by atoms with Crippen molar-refractivity contribution in [2.45, 2.75) is 13.0 Å². The van der Waals surface area contributed by atoms with Crippen molar-refractivity contribution >= 4 is 6.09 Å². The first kappa shape index (κ1) is 10.3. The van der Waals surface area contributed by atoms with Crippen LogP contribution in [0, 0.1) is 5.82 Å². The highest BCUT2D eigenvalue weighted by Crippen LogP contribution is 2.24. The van der Waals surface area contributed by atoms with Gasteiger partial charge >= 0.3 is 6.09 Å². The van der Waals surface area contributed by atoms with Gasteiger partial charge in [0, 0.05) is 5.56 Å². The molecule has 5 heteroatoms. The summed E-state index contributed by atoms with van der Waals surface area (Å²) >= 11 is 0. The molecule has 1 atom stereocenters. The minimum Gasteiger partial charge on any atom is -0.508 e. The van der Waals surface area contributed by atoms with E-state index >= 15 is 0 Å². The SMILES string of the molecule is CC(NC(=O)O)c1cc(F)ccc1O. The summed E-state index contributed by atoms with van der Waals surface area (Å²) in [5.41, 5.74) is 0.215. The molecule has 0 aliphatic carbocycles. The van der Waals surface area contributed by atoms with E-state index in [-0.39, 0.29) is 11.3 Å². The van der Waals surface area contributed by atoms with Gasteiger partial charge in [-0.15, -0.1) is 0 Å². The van der Waals surface area contributed by atoms with Gasteiger partial charge in [0.05, 0.1) is 6.04 Å². The zero-order chi connectivity index (χ0) is 10.7. The van der Waals surface area contributed by atoms with E-state index in [9.17, 15) is 14.3 Å². The van der Waals surface area contributed by atoms with Gasteiger partial charge in [-0.05, 0) is 25.1 Å². The molecule has 76 valence electrons. The van der Waals surface area contributed by atoms with Gasteiger partial charge in [-0.3, -0.25) is 0 Å². The first-order valence-electron chi connectivity index (χ1n) is 3.98. The average molecular weight is 199 g/mol. The third-order valence-electron chi connectivity index (χ3n) is 1.80. The van der Waals surface area contributed by atoms with E-state index in [1.54, 1.807) is 0 Å². The molecular weight excluding hydrogens is 189 g/mol. The number of carbonyl (C=O) groups is 1. The number of phenols is 1. The number of aromatic hydroxyl groups is 1. The van der Waals surface area contributed by atoms with Crippen LogP contribution in [0.5, 0.6) is 5.75 Å². The highest BCUT2D eigenvalue weighted by Gasteiger charge is 2.12. The summed E-state index contributed by atoms with van der Waals surface area (Å²) in [7, 11) is 0. The molecule has 1 aromatic rings. The number of hydrogen-bond acceptors (Lipinski definition) is 2. The molecule has 14 heavy (non-hydrogen) atoms. The van der Waals surface area contributed by atoms with Crippen molar-refractivity contribution in [2.75, 3.05) is 0 Å². The molecule has 1 amide bonds. The normalized spacial score (nSPS) is 12.1. The lowest BCUT2D eigenvalue weighted by molar-refractivity contribution is 0.190. The van der Waals surface area contributed by atoms with Crippen LogP contribution < -0.4 is 5.32 Å². The monoisotopic (exact) mass is 199 g/mol. The Labute approximate surface area is 80.0 Å². The van der Waals surface area contributed by atoms with Crippen molar-refractivity contribution in [1.29, 1.82) is 0 Å². The fourth-order valence-electron chi connectivity index (χ4n) is 1.14. The highest BCUT2D eigenvalue weighted by molar-refractivity contribution is 5.65. The van der Waals surface area contributed by atoms with Gasteiger partial charge in [0.2, 0.25) is 0 Å². The molecule has 0 fully saturated rings. The molecule has 1 unspecified atom stereocenters. The van der Waals surface area contributed by atoms with Crippen LogP contribution in [0.15, 0.2) is 18.2 Å². The van der Waals surface area contributed by atoms with Gasteiger partial charge in [0.15, 0.2) is 0 Å². The summed E-state index contributed by atoms with van der Waals surface area (Å²) < 4.78 is 12.8. The number of nitrogens with one attached hydrogen (secondary N) is 1. The van der Waals surface area contributed by atoms with Crippen molar-refractivity contribution in [3.63, 3.8) is 0 Å². The molecule has 0 saturated carbocycles. The Bertz CT molecular complexity index is 354. The number of rotatable bonds is 2. The zero-order valence-electron chi connectivity index (χ0n) is 7.49. The van der Waals surface area contributed by atoms with Gasteiger partial charge in [0.25, 0.3) is 0 Å². The fraction of sp³-hybridized carbons (Fsp3) is 0.222. The molecule has 0 spiro atoms. The lowest BCUT2D eigenvalue weighted by Crippen LogP contribution is -2.24. The molecule has 0 aliphatic rings. The van der Waals surface area contributed by atoms with Crippen LogP contribution in [-0.2, 0) is 0 Å². The van der Waals surface area contributed by atoms with Crippen LogP contribution in [0.2, 0.25) is 0 Å². The summed E-state index contributed by atoms with van der Waals surface area (Å²) in [6.45, 7) is 1.52. The number of carboxylic acid groups (broad SMARTS) is 1. The smallest absolute Gasteiger partial charge is 0.405 e. The van der Waals surface area contributed by atoms with E-state index in [0.717, 1.165) is 12.1 Å². The number of phenolic OH excluding ortho intramolecular Hbond substituents is 1. The Balaban J connectivity index is 2.93. The van der Waals surface area contributed by atoms with Gasteiger partial charge in [0.1, 0.15) is 11.6 Å². The topological polar surface area (TPSA) is 69.6 Å². The van der Waals surface area contributed by atoms with E-state index in [2.05, 4.69) is 5.32 Å². The Morgan fingerprint density at radius 2 is 2.21 bits per heavy atom. The van der Waals surface area contributed by atoms with E-state index in [1.165, 1.54) is 13.0 Å². The van der Waals surface area contributed by atoms with E-state index in [1.807, 2.05) is 0 Å². The maximum Gasteiger partial charge on any atom is 0.405 e. The van der Waals surface area contributed by atoms with Gasteiger partial charge in [-0.1, -0.05) is 0 Å². The standard InChI is InChI=1S/C9H10FNO3/c1-5(11-9(13)14)7-4-6(10)2-3-8(7)12/h2-5,11-12H,1H3,(H,13,14). The quantitative estimate of drug-likeness (QED) is 0.680. The second kappa shape index (κ2) is 3.95. The number of hydrogen-bond donors (Lipinski definition) is 3. The van der Waals surface area contributed by atoms with Crippen LogP contribution in [0.4, 0.5) is 9.18 Å². The molecule has 0 radical (unpaired) electrons.